The van der Waals surface area contributed by atoms with Crippen LogP contribution in [0, 0.1) is 0 Å². The Labute approximate surface area is 88.9 Å². The molecule has 1 aromatic heterocycles. The van der Waals surface area contributed by atoms with Crippen LogP contribution in [0.5, 0.6) is 0 Å². The quantitative estimate of drug-likeness (QED) is 0.505. The molecule has 0 aliphatic carbocycles. The van der Waals surface area contributed by atoms with Gasteiger partial charge in [0.1, 0.15) is 5.82 Å². The number of pyridine rings is 1. The van der Waals surface area contributed by atoms with Crippen molar-refractivity contribution in [3.8, 4) is 0 Å². The highest BCUT2D eigenvalue weighted by Gasteiger charge is 1.95. The predicted molar refractivity (Wildman–Crippen MR) is 62.1 cm³/mol. The third-order valence-electron chi connectivity index (χ3n) is 1.57. The van der Waals surface area contributed by atoms with E-state index in [9.17, 15) is 0 Å². The molecule has 0 unspecified atom stereocenters. The first-order chi connectivity index (χ1) is 6.83. The number of thiocarbonyl (C=S) groups is 1. The molecule has 0 aromatic carbocycles. The van der Waals surface area contributed by atoms with Gasteiger partial charge in [0.15, 0.2) is 5.11 Å². The highest BCUT2D eigenvalue weighted by atomic mass is 32.1. The maximum Gasteiger partial charge on any atom is 0.171 e. The summed E-state index contributed by atoms with van der Waals surface area (Å²) in [4.78, 5) is 4.08. The maximum atomic E-state index is 5.35. The summed E-state index contributed by atoms with van der Waals surface area (Å²) >= 11 is 5.05. The molecule has 0 amide bonds. The molecular weight excluding hydrogens is 196 g/mol. The van der Waals surface area contributed by atoms with Gasteiger partial charge in [0.05, 0.1) is 0 Å². The summed E-state index contributed by atoms with van der Waals surface area (Å²) in [6, 6.07) is 5.62. The lowest BCUT2D eigenvalue weighted by molar-refractivity contribution is 0.788. The Morgan fingerprint density at radius 2 is 2.36 bits per heavy atom. The van der Waals surface area contributed by atoms with Gasteiger partial charge in [-0.1, -0.05) is 6.07 Å². The van der Waals surface area contributed by atoms with Crippen molar-refractivity contribution < 1.29 is 0 Å². The minimum atomic E-state index is 0.581. The molecule has 76 valence electrons. The molecule has 0 saturated heterocycles. The van der Waals surface area contributed by atoms with E-state index >= 15 is 0 Å². The van der Waals surface area contributed by atoms with Gasteiger partial charge in [-0.3, -0.25) is 0 Å². The monoisotopic (exact) mass is 210 g/mol. The molecule has 0 saturated carbocycles. The normalized spacial score (nSPS) is 9.50. The van der Waals surface area contributed by atoms with E-state index in [1.165, 1.54) is 0 Å². The number of nitrogens with one attached hydrogen (secondary N) is 2. The van der Waals surface area contributed by atoms with Crippen LogP contribution < -0.4 is 16.4 Å². The van der Waals surface area contributed by atoms with E-state index in [4.69, 9.17) is 18.0 Å². The van der Waals surface area contributed by atoms with Gasteiger partial charge in [0, 0.05) is 12.7 Å². The Balaban J connectivity index is 2.27. The van der Waals surface area contributed by atoms with Gasteiger partial charge in [-0.05, 0) is 37.3 Å². The molecule has 0 spiro atoms. The Hall–Kier alpha value is -1.20. The van der Waals surface area contributed by atoms with Crippen LogP contribution in [0.4, 0.5) is 5.82 Å². The summed E-state index contributed by atoms with van der Waals surface area (Å²) in [7, 11) is 0. The molecule has 1 heterocycles. The zero-order valence-electron chi connectivity index (χ0n) is 7.86. The molecule has 14 heavy (non-hydrogen) atoms. The van der Waals surface area contributed by atoms with Crippen LogP contribution in [0.2, 0.25) is 0 Å². The highest BCUT2D eigenvalue weighted by Crippen LogP contribution is 1.98. The molecule has 4 N–H and O–H groups in total. The van der Waals surface area contributed by atoms with Gasteiger partial charge in [0.2, 0.25) is 0 Å². The van der Waals surface area contributed by atoms with Gasteiger partial charge in [-0.15, -0.1) is 0 Å². The first-order valence-electron chi connectivity index (χ1n) is 4.49. The minimum absolute atomic E-state index is 0.581. The average molecular weight is 210 g/mol. The third-order valence-corrected chi connectivity index (χ3v) is 1.82. The lowest BCUT2D eigenvalue weighted by Crippen LogP contribution is -2.30. The van der Waals surface area contributed by atoms with Crippen molar-refractivity contribution in [2.75, 3.05) is 18.4 Å². The van der Waals surface area contributed by atoms with Crippen molar-refractivity contribution in [2.45, 2.75) is 6.42 Å². The smallest absolute Gasteiger partial charge is 0.171 e. The van der Waals surface area contributed by atoms with Gasteiger partial charge in [-0.25, -0.2) is 4.98 Å². The number of aromatic nitrogens is 1. The van der Waals surface area contributed by atoms with Gasteiger partial charge in [0.25, 0.3) is 0 Å². The first-order valence-corrected chi connectivity index (χ1v) is 4.89. The SMILES string of the molecule is NCCCNC(=S)Nc1ccccn1. The summed E-state index contributed by atoms with van der Waals surface area (Å²) in [5.41, 5.74) is 5.35. The molecule has 0 aliphatic rings. The van der Waals surface area contributed by atoms with E-state index in [0.717, 1.165) is 18.8 Å². The van der Waals surface area contributed by atoms with Crippen LogP contribution in [0.15, 0.2) is 24.4 Å². The van der Waals surface area contributed by atoms with E-state index in [0.29, 0.717) is 11.7 Å². The Morgan fingerprint density at radius 1 is 1.50 bits per heavy atom. The highest BCUT2D eigenvalue weighted by molar-refractivity contribution is 7.80. The van der Waals surface area contributed by atoms with E-state index in [2.05, 4.69) is 15.6 Å². The van der Waals surface area contributed by atoms with Crippen molar-refractivity contribution in [2.24, 2.45) is 5.73 Å². The predicted octanol–water partition coefficient (Wildman–Crippen LogP) is 0.717. The standard InChI is InChI=1S/C9H14N4S/c10-5-3-7-12-9(14)13-8-4-1-2-6-11-8/h1-2,4,6H,3,5,7,10H2,(H2,11,12,13,14). The van der Waals surface area contributed by atoms with Crippen LogP contribution in [0.3, 0.4) is 0 Å². The molecule has 1 rings (SSSR count). The second kappa shape index (κ2) is 6.28. The number of rotatable bonds is 4. The zero-order chi connectivity index (χ0) is 10.2. The Bertz CT molecular complexity index is 275. The van der Waals surface area contributed by atoms with Crippen molar-refractivity contribution in [3.63, 3.8) is 0 Å². The fraction of sp³-hybridized carbons (Fsp3) is 0.333. The van der Waals surface area contributed by atoms with Crippen LogP contribution in [0.1, 0.15) is 6.42 Å². The Kier molecular flexibility index (Phi) is 4.88. The maximum absolute atomic E-state index is 5.35. The lowest BCUT2D eigenvalue weighted by Gasteiger charge is -2.08. The largest absolute Gasteiger partial charge is 0.362 e. The second-order valence-corrected chi connectivity index (χ2v) is 3.15. The topological polar surface area (TPSA) is 63.0 Å². The molecule has 1 aromatic rings. The second-order valence-electron chi connectivity index (χ2n) is 2.74. The van der Waals surface area contributed by atoms with E-state index in [-0.39, 0.29) is 0 Å². The zero-order valence-corrected chi connectivity index (χ0v) is 8.68. The van der Waals surface area contributed by atoms with Gasteiger partial charge >= 0.3 is 0 Å². The van der Waals surface area contributed by atoms with Crippen LogP contribution in [-0.2, 0) is 0 Å². The Morgan fingerprint density at radius 3 is 3.00 bits per heavy atom. The minimum Gasteiger partial charge on any atom is -0.362 e. The summed E-state index contributed by atoms with van der Waals surface area (Å²) in [6.45, 7) is 1.45. The summed E-state index contributed by atoms with van der Waals surface area (Å²) in [5, 5.41) is 6.58. The van der Waals surface area contributed by atoms with Crippen LogP contribution in [0.25, 0.3) is 0 Å². The number of hydrogen-bond donors (Lipinski definition) is 3. The first kappa shape index (κ1) is 10.9. The van der Waals surface area contributed by atoms with E-state index < -0.39 is 0 Å². The molecule has 4 nitrogen and oxygen atoms in total. The molecule has 0 fully saturated rings. The van der Waals surface area contributed by atoms with Crippen molar-refractivity contribution >= 4 is 23.1 Å². The average Bonchev–Trinajstić information content (AvgIpc) is 2.20. The molecule has 5 heteroatoms. The third kappa shape index (κ3) is 4.15. The van der Waals surface area contributed by atoms with Gasteiger partial charge < -0.3 is 16.4 Å². The lowest BCUT2D eigenvalue weighted by atomic mass is 10.4. The summed E-state index contributed by atoms with van der Waals surface area (Å²) in [5.74, 6) is 0.748. The fourth-order valence-electron chi connectivity index (χ4n) is 0.901. The number of anilines is 1. The number of hydrogen-bond acceptors (Lipinski definition) is 3. The molecule has 0 bridgehead atoms. The van der Waals surface area contributed by atoms with Crippen LogP contribution in [-0.4, -0.2) is 23.2 Å². The van der Waals surface area contributed by atoms with Crippen LogP contribution >= 0.6 is 12.2 Å². The molecule has 0 radical (unpaired) electrons. The number of nitrogens with zero attached hydrogens (tertiary/aromatic N) is 1. The summed E-state index contributed by atoms with van der Waals surface area (Å²) in [6.07, 6.45) is 2.62. The summed E-state index contributed by atoms with van der Waals surface area (Å²) < 4.78 is 0. The van der Waals surface area contributed by atoms with Crippen molar-refractivity contribution in [1.82, 2.24) is 10.3 Å². The van der Waals surface area contributed by atoms with Crippen molar-refractivity contribution in [1.29, 1.82) is 0 Å². The molecule has 0 aliphatic heterocycles. The molecule has 0 atom stereocenters. The van der Waals surface area contributed by atoms with E-state index in [1.807, 2.05) is 18.2 Å². The molecular formula is C9H14N4S. The van der Waals surface area contributed by atoms with Gasteiger partial charge in [-0.2, -0.15) is 0 Å². The van der Waals surface area contributed by atoms with Crippen molar-refractivity contribution in [3.05, 3.63) is 24.4 Å². The number of nitrogens with two attached hydrogens (primary N) is 1. The fourth-order valence-corrected chi connectivity index (χ4v) is 1.11. The van der Waals surface area contributed by atoms with E-state index in [1.54, 1.807) is 6.20 Å².